The molecule has 10 rings (SSSR count). The van der Waals surface area contributed by atoms with Crippen LogP contribution in [-0.4, -0.2) is 14.5 Å². The lowest BCUT2D eigenvalue weighted by Crippen LogP contribution is -1.97. The van der Waals surface area contributed by atoms with Crippen LogP contribution in [0.3, 0.4) is 0 Å². The van der Waals surface area contributed by atoms with E-state index in [0.717, 1.165) is 29.8 Å². The second kappa shape index (κ2) is 11.8. The number of allylic oxidation sites excluding steroid dienone is 4. The number of hydrogen-bond donors (Lipinski definition) is 0. The summed E-state index contributed by atoms with van der Waals surface area (Å²) in [6, 6.07) is 50.6. The van der Waals surface area contributed by atoms with Crippen LogP contribution in [0.15, 0.2) is 164 Å². The molecule has 0 amide bonds. The third-order valence-electron chi connectivity index (χ3n) is 10.0. The van der Waals surface area contributed by atoms with Gasteiger partial charge in [0.05, 0.1) is 22.4 Å². The van der Waals surface area contributed by atoms with E-state index >= 15 is 0 Å². The molecule has 0 saturated heterocycles. The average Bonchev–Trinajstić information content (AvgIpc) is 3.73. The molecule has 0 unspecified atom stereocenters. The number of pyridine rings is 2. The van der Waals surface area contributed by atoms with Gasteiger partial charge in [-0.1, -0.05) is 78.9 Å². The summed E-state index contributed by atoms with van der Waals surface area (Å²) in [6.07, 6.45) is 10.3. The van der Waals surface area contributed by atoms with Crippen LogP contribution >= 0.6 is 11.3 Å². The summed E-state index contributed by atoms with van der Waals surface area (Å²) in [5.41, 5.74) is 12.8. The van der Waals surface area contributed by atoms with E-state index in [1.807, 2.05) is 35.9 Å². The van der Waals surface area contributed by atoms with E-state index in [0.29, 0.717) is 0 Å². The average molecular weight is 658 g/mol. The molecule has 0 spiro atoms. The van der Waals surface area contributed by atoms with Crippen LogP contribution in [0.5, 0.6) is 0 Å². The van der Waals surface area contributed by atoms with Gasteiger partial charge < -0.3 is 4.57 Å². The lowest BCUT2D eigenvalue weighted by molar-refractivity contribution is 1.05. The Morgan fingerprint density at radius 3 is 2.00 bits per heavy atom. The molecule has 0 atom stereocenters. The highest BCUT2D eigenvalue weighted by Gasteiger charge is 2.19. The summed E-state index contributed by atoms with van der Waals surface area (Å²) in [7, 11) is 0. The third kappa shape index (κ3) is 4.72. The molecule has 0 aliphatic heterocycles. The highest BCUT2D eigenvalue weighted by Crippen LogP contribution is 2.42. The van der Waals surface area contributed by atoms with Crippen LogP contribution in [0.25, 0.3) is 81.2 Å². The Morgan fingerprint density at radius 1 is 0.520 bits per heavy atom. The van der Waals surface area contributed by atoms with E-state index in [2.05, 4.69) is 144 Å². The molecular weight excluding hydrogens is 627 g/mol. The number of benzene rings is 5. The van der Waals surface area contributed by atoms with Crippen molar-refractivity contribution in [3.63, 3.8) is 0 Å². The topological polar surface area (TPSA) is 30.7 Å². The first kappa shape index (κ1) is 28.9. The van der Waals surface area contributed by atoms with Crippen LogP contribution in [0.4, 0.5) is 0 Å². The van der Waals surface area contributed by atoms with E-state index < -0.39 is 0 Å². The second-order valence-corrected chi connectivity index (χ2v) is 14.0. The fourth-order valence-corrected chi connectivity index (χ4v) is 8.80. The summed E-state index contributed by atoms with van der Waals surface area (Å²) >= 11 is 1.86. The molecule has 236 valence electrons. The van der Waals surface area contributed by atoms with Crippen molar-refractivity contribution in [3.8, 4) is 28.1 Å². The van der Waals surface area contributed by atoms with Gasteiger partial charge in [-0.15, -0.1) is 11.3 Å². The quantitative estimate of drug-likeness (QED) is 0.184. The van der Waals surface area contributed by atoms with Crippen LogP contribution in [-0.2, 0) is 0 Å². The predicted molar refractivity (Wildman–Crippen MR) is 212 cm³/mol. The lowest BCUT2D eigenvalue weighted by atomic mass is 9.89. The van der Waals surface area contributed by atoms with Gasteiger partial charge in [0.1, 0.15) is 0 Å². The Labute approximate surface area is 294 Å². The van der Waals surface area contributed by atoms with Crippen molar-refractivity contribution in [2.45, 2.75) is 12.8 Å². The highest BCUT2D eigenvalue weighted by atomic mass is 32.1. The van der Waals surface area contributed by atoms with Crippen LogP contribution in [0, 0.1) is 0 Å². The minimum Gasteiger partial charge on any atom is -0.309 e. The van der Waals surface area contributed by atoms with Crippen molar-refractivity contribution in [1.82, 2.24) is 14.5 Å². The van der Waals surface area contributed by atoms with Gasteiger partial charge in [-0.25, -0.2) is 0 Å². The Kier molecular flexibility index (Phi) is 6.81. The van der Waals surface area contributed by atoms with E-state index in [1.54, 1.807) is 0 Å². The molecule has 9 aromatic rings. The van der Waals surface area contributed by atoms with E-state index in [4.69, 9.17) is 9.97 Å². The molecule has 3 nitrogen and oxygen atoms in total. The normalized spacial score (nSPS) is 13.3. The van der Waals surface area contributed by atoms with E-state index in [-0.39, 0.29) is 0 Å². The molecule has 0 fully saturated rings. The maximum absolute atomic E-state index is 4.74. The second-order valence-electron chi connectivity index (χ2n) is 12.9. The first-order valence-electron chi connectivity index (χ1n) is 17.1. The summed E-state index contributed by atoms with van der Waals surface area (Å²) in [5, 5.41) is 5.09. The van der Waals surface area contributed by atoms with Crippen LogP contribution < -0.4 is 0 Å². The third-order valence-corrected chi connectivity index (χ3v) is 11.2. The fraction of sp³-hybridized carbons (Fsp3) is 0.0435. The fourth-order valence-electron chi connectivity index (χ4n) is 7.72. The molecule has 5 aromatic carbocycles. The zero-order valence-electron chi connectivity index (χ0n) is 27.3. The van der Waals surface area contributed by atoms with Crippen LogP contribution in [0.1, 0.15) is 24.1 Å². The summed E-state index contributed by atoms with van der Waals surface area (Å²) in [6.45, 7) is 0. The minimum absolute atomic E-state index is 0.976. The summed E-state index contributed by atoms with van der Waals surface area (Å²) < 4.78 is 5.08. The maximum Gasteiger partial charge on any atom is 0.0708 e. The molecule has 0 bridgehead atoms. The highest BCUT2D eigenvalue weighted by molar-refractivity contribution is 7.25. The van der Waals surface area contributed by atoms with Crippen molar-refractivity contribution in [3.05, 3.63) is 175 Å². The molecule has 0 radical (unpaired) electrons. The largest absolute Gasteiger partial charge is 0.309 e. The number of aromatic nitrogens is 3. The first-order valence-corrected chi connectivity index (χ1v) is 17.9. The van der Waals surface area contributed by atoms with Crippen LogP contribution in [0.2, 0.25) is 0 Å². The minimum atomic E-state index is 0.976. The lowest BCUT2D eigenvalue weighted by Gasteiger charge is -2.17. The molecule has 1 aliphatic carbocycles. The van der Waals surface area contributed by atoms with Gasteiger partial charge in [0.2, 0.25) is 0 Å². The number of fused-ring (bicyclic) bond motifs is 6. The van der Waals surface area contributed by atoms with Gasteiger partial charge in [0.25, 0.3) is 0 Å². The molecule has 0 N–H and O–H groups in total. The predicted octanol–water partition coefficient (Wildman–Crippen LogP) is 12.5. The van der Waals surface area contributed by atoms with Gasteiger partial charge in [0, 0.05) is 60.2 Å². The van der Waals surface area contributed by atoms with Crippen molar-refractivity contribution in [1.29, 1.82) is 0 Å². The molecule has 4 aromatic heterocycles. The van der Waals surface area contributed by atoms with Gasteiger partial charge in [-0.2, -0.15) is 0 Å². The van der Waals surface area contributed by atoms with Crippen molar-refractivity contribution in [2.24, 2.45) is 0 Å². The molecule has 4 heterocycles. The van der Waals surface area contributed by atoms with Gasteiger partial charge in [-0.3, -0.25) is 9.97 Å². The van der Waals surface area contributed by atoms with E-state index in [1.165, 1.54) is 75.5 Å². The zero-order valence-corrected chi connectivity index (χ0v) is 28.1. The molecular formula is C46H31N3S. The van der Waals surface area contributed by atoms with E-state index in [9.17, 15) is 0 Å². The molecule has 0 saturated carbocycles. The van der Waals surface area contributed by atoms with Crippen molar-refractivity contribution >= 4 is 64.5 Å². The number of hydrogen-bond acceptors (Lipinski definition) is 3. The zero-order chi connectivity index (χ0) is 33.0. The molecule has 1 aliphatic rings. The van der Waals surface area contributed by atoms with Crippen molar-refractivity contribution in [2.75, 3.05) is 0 Å². The van der Waals surface area contributed by atoms with Gasteiger partial charge in [0.15, 0.2) is 0 Å². The van der Waals surface area contributed by atoms with Gasteiger partial charge in [-0.05, 0) is 108 Å². The SMILES string of the molecule is C1=CC(c2ccccn2)=C(c2ccc3c(c2)c2cc(-c4ccccc4-c4ccccn4)ccc2n3-c2ccc3sc4ccccc4c3c2)CC1. The van der Waals surface area contributed by atoms with Gasteiger partial charge >= 0.3 is 0 Å². The van der Waals surface area contributed by atoms with Crippen molar-refractivity contribution < 1.29 is 0 Å². The Bertz CT molecular complexity index is 2800. The summed E-state index contributed by atoms with van der Waals surface area (Å²) in [5.74, 6) is 0. The molecule has 4 heteroatoms. The number of thiophene rings is 1. The monoisotopic (exact) mass is 657 g/mol. The Hall–Kier alpha value is -6.10. The number of rotatable bonds is 5. The summed E-state index contributed by atoms with van der Waals surface area (Å²) in [4.78, 5) is 9.45. The maximum atomic E-state index is 4.74. The number of nitrogens with zero attached hydrogens (tertiary/aromatic N) is 3. The standard InChI is InChI=1S/C46H31N3S/c1-3-13-35(41-16-7-9-25-47-41)33(11-1)30-19-22-43-38(27-30)39-28-31(34-12-2-4-14-36(34)42-17-8-10-26-48-42)20-23-44(39)49(43)32-21-24-46-40(29-32)37-15-5-6-18-45(37)50-46/h1,3-11,13-29H,2,12H2. The Morgan fingerprint density at radius 2 is 1.20 bits per heavy atom. The smallest absolute Gasteiger partial charge is 0.0708 e. The molecule has 50 heavy (non-hydrogen) atoms. The first-order chi connectivity index (χ1) is 24.8. The Balaban J connectivity index is 1.23.